The van der Waals surface area contributed by atoms with Crippen LogP contribution in [-0.2, 0) is 9.53 Å². The van der Waals surface area contributed by atoms with Crippen molar-refractivity contribution in [1.82, 2.24) is 0 Å². The summed E-state index contributed by atoms with van der Waals surface area (Å²) in [6.07, 6.45) is 1.97. The number of rotatable bonds is 7. The molecule has 20 heavy (non-hydrogen) atoms. The van der Waals surface area contributed by atoms with Crippen molar-refractivity contribution in [3.63, 3.8) is 0 Å². The van der Waals surface area contributed by atoms with Crippen molar-refractivity contribution < 1.29 is 9.53 Å². The van der Waals surface area contributed by atoms with Gasteiger partial charge in [-0.2, -0.15) is 0 Å². The van der Waals surface area contributed by atoms with Gasteiger partial charge in [0.2, 0.25) is 5.91 Å². The topological polar surface area (TPSA) is 38.3 Å². The average molecular weight is 316 g/mol. The standard InChI is InChI=1S/C15H19Cl2NO2/c1-14(11-15(14,16)17)8-10-20-9-7-13(19)18-12-5-3-2-4-6-12/h2-6H,7-11H2,1H3,(H,18,19). The fourth-order valence-corrected chi connectivity index (χ4v) is 2.81. The summed E-state index contributed by atoms with van der Waals surface area (Å²) in [5.74, 6) is -0.0436. The number of alkyl halides is 2. The molecule has 1 saturated carbocycles. The van der Waals surface area contributed by atoms with Gasteiger partial charge < -0.3 is 10.1 Å². The summed E-state index contributed by atoms with van der Waals surface area (Å²) in [5, 5.41) is 2.81. The van der Waals surface area contributed by atoms with E-state index in [-0.39, 0.29) is 11.3 Å². The normalized spacial score (nSPS) is 23.4. The fraction of sp³-hybridized carbons (Fsp3) is 0.533. The second-order valence-electron chi connectivity index (χ2n) is 5.47. The molecule has 1 fully saturated rings. The predicted octanol–water partition coefficient (Wildman–Crippen LogP) is 4.01. The lowest BCUT2D eigenvalue weighted by Gasteiger charge is -2.12. The Morgan fingerprint density at radius 1 is 1.30 bits per heavy atom. The molecule has 2 rings (SSSR count). The highest BCUT2D eigenvalue weighted by Gasteiger charge is 2.62. The highest BCUT2D eigenvalue weighted by Crippen LogP contribution is 2.65. The summed E-state index contributed by atoms with van der Waals surface area (Å²) in [5.41, 5.74) is 0.764. The van der Waals surface area contributed by atoms with E-state index in [0.717, 1.165) is 18.5 Å². The highest BCUT2D eigenvalue weighted by molar-refractivity contribution is 6.51. The van der Waals surface area contributed by atoms with Gasteiger partial charge in [-0.15, -0.1) is 23.2 Å². The number of amides is 1. The number of hydrogen-bond acceptors (Lipinski definition) is 2. The van der Waals surface area contributed by atoms with Crippen molar-refractivity contribution in [3.8, 4) is 0 Å². The number of halogens is 2. The molecule has 1 aromatic rings. The first-order valence-corrected chi connectivity index (χ1v) is 7.49. The van der Waals surface area contributed by atoms with Gasteiger partial charge in [-0.05, 0) is 25.0 Å². The molecule has 1 unspecified atom stereocenters. The molecule has 0 bridgehead atoms. The van der Waals surface area contributed by atoms with Gasteiger partial charge in [0.05, 0.1) is 13.0 Å². The molecule has 0 heterocycles. The monoisotopic (exact) mass is 315 g/mol. The Morgan fingerprint density at radius 2 is 1.95 bits per heavy atom. The van der Waals surface area contributed by atoms with Gasteiger partial charge in [-0.1, -0.05) is 25.1 Å². The lowest BCUT2D eigenvalue weighted by atomic mass is 10.1. The van der Waals surface area contributed by atoms with Crippen LogP contribution < -0.4 is 5.32 Å². The Balaban J connectivity index is 1.56. The zero-order valence-electron chi connectivity index (χ0n) is 11.5. The van der Waals surface area contributed by atoms with E-state index < -0.39 is 4.33 Å². The van der Waals surface area contributed by atoms with Gasteiger partial charge in [0.1, 0.15) is 4.33 Å². The van der Waals surface area contributed by atoms with Crippen LogP contribution in [0.4, 0.5) is 5.69 Å². The molecular weight excluding hydrogens is 297 g/mol. The maximum absolute atomic E-state index is 11.7. The fourth-order valence-electron chi connectivity index (χ4n) is 2.03. The number of anilines is 1. The second-order valence-corrected chi connectivity index (χ2v) is 6.95. The van der Waals surface area contributed by atoms with Crippen LogP contribution in [0.3, 0.4) is 0 Å². The van der Waals surface area contributed by atoms with Gasteiger partial charge >= 0.3 is 0 Å². The second kappa shape index (κ2) is 6.33. The Morgan fingerprint density at radius 3 is 2.55 bits per heavy atom. The van der Waals surface area contributed by atoms with E-state index in [1.54, 1.807) is 0 Å². The molecule has 0 aromatic heterocycles. The first-order valence-electron chi connectivity index (χ1n) is 6.73. The molecule has 110 valence electrons. The zero-order valence-corrected chi connectivity index (χ0v) is 13.0. The van der Waals surface area contributed by atoms with Crippen LogP contribution in [0.1, 0.15) is 26.2 Å². The number of carbonyl (C=O) groups excluding carboxylic acids is 1. The number of hydrogen-bond donors (Lipinski definition) is 1. The smallest absolute Gasteiger partial charge is 0.226 e. The average Bonchev–Trinajstić information content (AvgIpc) is 2.89. The summed E-state index contributed by atoms with van der Waals surface area (Å²) in [6, 6.07) is 9.38. The van der Waals surface area contributed by atoms with Crippen molar-refractivity contribution in [2.45, 2.75) is 30.5 Å². The van der Waals surface area contributed by atoms with E-state index in [1.807, 2.05) is 30.3 Å². The molecule has 5 heteroatoms. The molecular formula is C15H19Cl2NO2. The molecule has 0 saturated heterocycles. The molecule has 0 radical (unpaired) electrons. The molecule has 1 atom stereocenters. The van der Waals surface area contributed by atoms with Crippen LogP contribution in [0.15, 0.2) is 30.3 Å². The Kier molecular flexibility index (Phi) is 4.95. The highest BCUT2D eigenvalue weighted by atomic mass is 35.5. The number of nitrogens with one attached hydrogen (secondary N) is 1. The molecule has 1 aliphatic rings. The van der Waals surface area contributed by atoms with E-state index in [9.17, 15) is 4.79 Å². The summed E-state index contributed by atoms with van der Waals surface area (Å²) in [7, 11) is 0. The lowest BCUT2D eigenvalue weighted by Crippen LogP contribution is -2.15. The zero-order chi connectivity index (χ0) is 14.6. The minimum atomic E-state index is -0.596. The molecule has 1 N–H and O–H groups in total. The first-order chi connectivity index (χ1) is 9.43. The van der Waals surface area contributed by atoms with E-state index in [0.29, 0.717) is 19.6 Å². The molecule has 1 amide bonds. The third-order valence-electron chi connectivity index (χ3n) is 3.70. The molecule has 0 aliphatic heterocycles. The van der Waals surface area contributed by atoms with Gasteiger partial charge in [0.15, 0.2) is 0 Å². The van der Waals surface area contributed by atoms with Crippen LogP contribution in [0.5, 0.6) is 0 Å². The van der Waals surface area contributed by atoms with Crippen molar-refractivity contribution in [2.24, 2.45) is 5.41 Å². The molecule has 0 spiro atoms. The third kappa shape index (κ3) is 4.11. The maximum Gasteiger partial charge on any atom is 0.226 e. The number of para-hydroxylation sites is 1. The maximum atomic E-state index is 11.7. The van der Waals surface area contributed by atoms with E-state index in [2.05, 4.69) is 12.2 Å². The minimum Gasteiger partial charge on any atom is -0.381 e. The Hall–Kier alpha value is -0.770. The van der Waals surface area contributed by atoms with Crippen LogP contribution in [0.2, 0.25) is 0 Å². The minimum absolute atomic E-state index is 0.0393. The predicted molar refractivity (Wildman–Crippen MR) is 82.3 cm³/mol. The van der Waals surface area contributed by atoms with Crippen molar-refractivity contribution in [1.29, 1.82) is 0 Å². The summed E-state index contributed by atoms with van der Waals surface area (Å²) >= 11 is 12.1. The number of carbonyl (C=O) groups is 1. The lowest BCUT2D eigenvalue weighted by molar-refractivity contribution is -0.117. The molecule has 1 aliphatic carbocycles. The quantitative estimate of drug-likeness (QED) is 0.610. The Labute approximate surface area is 129 Å². The van der Waals surface area contributed by atoms with Crippen molar-refractivity contribution in [2.75, 3.05) is 18.5 Å². The number of benzene rings is 1. The first kappa shape index (κ1) is 15.6. The third-order valence-corrected chi connectivity index (χ3v) is 4.88. The van der Waals surface area contributed by atoms with Crippen LogP contribution in [0.25, 0.3) is 0 Å². The largest absolute Gasteiger partial charge is 0.381 e. The van der Waals surface area contributed by atoms with E-state index in [4.69, 9.17) is 27.9 Å². The van der Waals surface area contributed by atoms with Gasteiger partial charge in [-0.3, -0.25) is 4.79 Å². The number of ether oxygens (including phenoxy) is 1. The van der Waals surface area contributed by atoms with Crippen LogP contribution in [-0.4, -0.2) is 23.5 Å². The summed E-state index contributed by atoms with van der Waals surface area (Å²) in [6.45, 7) is 3.04. The van der Waals surface area contributed by atoms with E-state index in [1.165, 1.54) is 0 Å². The van der Waals surface area contributed by atoms with Gasteiger partial charge in [-0.25, -0.2) is 0 Å². The van der Waals surface area contributed by atoms with Crippen LogP contribution >= 0.6 is 23.2 Å². The molecule has 3 nitrogen and oxygen atoms in total. The van der Waals surface area contributed by atoms with Gasteiger partial charge in [0.25, 0.3) is 0 Å². The van der Waals surface area contributed by atoms with Crippen molar-refractivity contribution >= 4 is 34.8 Å². The molecule has 1 aromatic carbocycles. The van der Waals surface area contributed by atoms with E-state index >= 15 is 0 Å². The van der Waals surface area contributed by atoms with Gasteiger partial charge in [0, 0.05) is 17.7 Å². The summed E-state index contributed by atoms with van der Waals surface area (Å²) < 4.78 is 4.88. The SMILES string of the molecule is CC1(CCOCCC(=O)Nc2ccccc2)CC1(Cl)Cl. The van der Waals surface area contributed by atoms with Crippen LogP contribution in [0, 0.1) is 5.41 Å². The van der Waals surface area contributed by atoms with Crippen molar-refractivity contribution in [3.05, 3.63) is 30.3 Å². The summed E-state index contributed by atoms with van der Waals surface area (Å²) in [4.78, 5) is 11.7. The Bertz CT molecular complexity index is 464.